The molecule has 7 aliphatic carbocycles. The van der Waals surface area contributed by atoms with Gasteiger partial charge in [-0.15, -0.1) is 0 Å². The number of hydrogen-bond donors (Lipinski definition) is 6. The number of nitrogens with zero attached hydrogens (tertiary/aromatic N) is 1. The highest BCUT2D eigenvalue weighted by molar-refractivity contribution is 5.90. The van der Waals surface area contributed by atoms with E-state index in [2.05, 4.69) is 66.6 Å². The maximum atomic E-state index is 14.3. The van der Waals surface area contributed by atoms with Gasteiger partial charge >= 0.3 is 0 Å². The average molecular weight is 1040 g/mol. The van der Waals surface area contributed by atoms with Gasteiger partial charge in [0.25, 0.3) is 0 Å². The van der Waals surface area contributed by atoms with Gasteiger partial charge in [-0.1, -0.05) is 111 Å². The van der Waals surface area contributed by atoms with E-state index in [0.717, 1.165) is 131 Å². The molecule has 10 heteroatoms. The van der Waals surface area contributed by atoms with Crippen LogP contribution >= 0.6 is 0 Å². The van der Waals surface area contributed by atoms with Crippen LogP contribution in [0.2, 0.25) is 0 Å². The molecular weight excluding hydrogens is 959 g/mol. The first-order valence-corrected chi connectivity index (χ1v) is 30.1. The van der Waals surface area contributed by atoms with Crippen molar-refractivity contribution in [1.29, 1.82) is 0 Å². The van der Waals surface area contributed by atoms with Crippen LogP contribution in [0.5, 0.6) is 17.2 Å². The van der Waals surface area contributed by atoms with Crippen molar-refractivity contribution in [3.8, 4) is 29.1 Å². The molecule has 1 aliphatic heterocycles. The van der Waals surface area contributed by atoms with Gasteiger partial charge in [0.2, 0.25) is 0 Å². The minimum Gasteiger partial charge on any atom is -0.508 e. The van der Waals surface area contributed by atoms with Gasteiger partial charge in [-0.3, -0.25) is 4.79 Å². The van der Waals surface area contributed by atoms with Gasteiger partial charge in [0, 0.05) is 48.3 Å². The number of hydrogen-bond acceptors (Lipinski definition) is 10. The minimum absolute atomic E-state index is 0.00511. The van der Waals surface area contributed by atoms with Gasteiger partial charge in [0.15, 0.2) is 23.2 Å². The molecule has 4 fully saturated rings. The van der Waals surface area contributed by atoms with Crippen molar-refractivity contribution in [1.82, 2.24) is 5.32 Å². The van der Waals surface area contributed by atoms with E-state index in [0.29, 0.717) is 55.5 Å². The van der Waals surface area contributed by atoms with Crippen LogP contribution in [0.1, 0.15) is 193 Å². The van der Waals surface area contributed by atoms with Gasteiger partial charge in [0.05, 0.1) is 37.0 Å². The molecule has 0 radical (unpaired) electrons. The zero-order valence-corrected chi connectivity index (χ0v) is 45.7. The van der Waals surface area contributed by atoms with Crippen molar-refractivity contribution in [2.75, 3.05) is 19.8 Å². The van der Waals surface area contributed by atoms with Crippen LogP contribution in [0.25, 0.3) is 0 Å². The summed E-state index contributed by atoms with van der Waals surface area (Å²) in [6.07, 6.45) is 29.1. The smallest absolute Gasteiger partial charge is 0.189 e. The third-order valence-corrected chi connectivity index (χ3v) is 19.5. The van der Waals surface area contributed by atoms with Gasteiger partial charge in [-0.25, -0.2) is 4.99 Å². The summed E-state index contributed by atoms with van der Waals surface area (Å²) in [6.45, 7) is 2.60. The number of carbonyl (C=O) groups is 1. The molecular formula is C67H85N3O7. The molecule has 7 N–H and O–H groups in total. The van der Waals surface area contributed by atoms with Crippen molar-refractivity contribution in [3.05, 3.63) is 123 Å². The predicted molar refractivity (Wildman–Crippen MR) is 304 cm³/mol. The molecule has 1 heterocycles. The summed E-state index contributed by atoms with van der Waals surface area (Å²) in [5, 5.41) is 49.8. The maximum absolute atomic E-state index is 14.3. The number of aromatic hydroxyl groups is 2. The first kappa shape index (κ1) is 53.7. The van der Waals surface area contributed by atoms with E-state index in [1.165, 1.54) is 29.5 Å². The molecule has 4 saturated carbocycles. The quantitative estimate of drug-likeness (QED) is 0.0588. The fourth-order valence-corrected chi connectivity index (χ4v) is 15.8. The summed E-state index contributed by atoms with van der Waals surface area (Å²) in [4.78, 5) is 19.8. The fraction of sp³-hybridized carbons (Fsp3) is 0.582. The number of fused-ring (bicyclic) bond motifs is 11. The topological polar surface area (TPSA) is 167 Å². The third kappa shape index (κ3) is 11.9. The molecule has 10 nitrogen and oxygen atoms in total. The Bertz CT molecular complexity index is 2800. The number of phenols is 2. The molecule has 11 rings (SSSR count). The second-order valence-corrected chi connectivity index (χ2v) is 24.8. The lowest BCUT2D eigenvalue weighted by Crippen LogP contribution is -2.50. The lowest BCUT2D eigenvalue weighted by Gasteiger charge is -2.50. The lowest BCUT2D eigenvalue weighted by molar-refractivity contribution is -0.114. The highest BCUT2D eigenvalue weighted by Crippen LogP contribution is 2.60. The number of aliphatic imine (C=N–C) groups is 1. The van der Waals surface area contributed by atoms with Crippen LogP contribution < -0.4 is 15.8 Å². The standard InChI is InChI=1S/C67H85N3O7/c1-42-28-58-47-31-44(33-53(74)35-47)30-43-14-12-16-50(32-43)67(26-10-3-11-27-67)70-66(68)69-51-17-13-23-57-45(24-25-52(73)36-49(40-72)56-22-9-6-15-46(56)39-71)38-62(77-55-20-7-8-21-55)65(75)64(57)63-60(29-42)59(58)37-48(34-51)61(63)41-76-54-18-4-2-5-19-54/h6,12,14-16,31-33,35-38,42,46,48,51,54-56,58,60-61,63,71-72,74-75H,2-5,7-11,17-22,24-30,34,39-41H2,1H3,(H3,68,69,70)/b49-36+/t42-,46+,48+,51-,56-,58+,60+,61-,63-/m1/s1. The average Bonchev–Trinajstić information content (AvgIpc) is 4.06. The highest BCUT2D eigenvalue weighted by atomic mass is 16.5. The number of aliphatic hydroxyl groups excluding tert-OH is 2. The summed E-state index contributed by atoms with van der Waals surface area (Å²) in [5.74, 6) is 8.43. The SMILES string of the molecule is C[C@@H]1C[C@@H]2C3=C[C@@H]4C[C@@H](CC#Cc5c(CCC(=O)/C=C(\CO)[C@@H]6CCC=C[C@H]6CO)cc(OC6CCCC6)c(O)c5[C@@H]([C@@H]4COC4CCCCC4)[C@H]3C1)N=C(N)NC1(CCCCC1)c1cccc(c1)Cc1cc(O)cc2c1. The summed E-state index contributed by atoms with van der Waals surface area (Å²) < 4.78 is 14.1. The van der Waals surface area contributed by atoms with Crippen LogP contribution in [-0.2, 0) is 27.9 Å². The molecule has 0 amide bonds. The summed E-state index contributed by atoms with van der Waals surface area (Å²) in [6, 6.07) is 17.0. The lowest BCUT2D eigenvalue weighted by atomic mass is 9.55. The van der Waals surface area contributed by atoms with Gasteiger partial charge in [-0.05, 0) is 184 Å². The first-order chi connectivity index (χ1) is 37.5. The molecule has 0 unspecified atom stereocenters. The molecule has 3 aromatic rings. The number of carbonyl (C=O) groups excluding carboxylic acids is 1. The van der Waals surface area contributed by atoms with Gasteiger partial charge < -0.3 is 41.0 Å². The fourth-order valence-electron chi connectivity index (χ4n) is 15.8. The highest BCUT2D eigenvalue weighted by Gasteiger charge is 2.49. The number of ether oxygens (including phenoxy) is 2. The number of ketones is 1. The molecule has 9 atom stereocenters. The number of benzene rings is 3. The molecule has 410 valence electrons. The van der Waals surface area contributed by atoms with E-state index in [-0.39, 0.29) is 102 Å². The Morgan fingerprint density at radius 1 is 0.909 bits per heavy atom. The van der Waals surface area contributed by atoms with E-state index in [1.807, 2.05) is 24.3 Å². The normalized spacial score (nSPS) is 29.3. The molecule has 0 saturated heterocycles. The summed E-state index contributed by atoms with van der Waals surface area (Å²) >= 11 is 0. The van der Waals surface area contributed by atoms with E-state index < -0.39 is 0 Å². The number of guanidine groups is 1. The van der Waals surface area contributed by atoms with E-state index >= 15 is 0 Å². The maximum Gasteiger partial charge on any atom is 0.189 e. The Morgan fingerprint density at radius 2 is 1.70 bits per heavy atom. The number of nitrogens with one attached hydrogen (secondary N) is 1. The van der Waals surface area contributed by atoms with E-state index in [1.54, 1.807) is 6.08 Å². The Hall–Kier alpha value is -5.34. The van der Waals surface area contributed by atoms with Crippen molar-refractivity contribution >= 4 is 11.7 Å². The zero-order chi connectivity index (χ0) is 53.0. The third-order valence-electron chi connectivity index (χ3n) is 19.5. The van der Waals surface area contributed by atoms with Crippen LogP contribution in [0, 0.1) is 47.3 Å². The second-order valence-electron chi connectivity index (χ2n) is 24.8. The van der Waals surface area contributed by atoms with Crippen molar-refractivity contribution in [2.24, 2.45) is 46.2 Å². The number of rotatable bonds is 12. The molecule has 0 aromatic heterocycles. The van der Waals surface area contributed by atoms with Crippen LogP contribution in [0.3, 0.4) is 0 Å². The van der Waals surface area contributed by atoms with Crippen molar-refractivity contribution < 1.29 is 34.7 Å². The van der Waals surface area contributed by atoms with E-state index in [4.69, 9.17) is 20.2 Å². The van der Waals surface area contributed by atoms with Gasteiger partial charge in [-0.2, -0.15) is 0 Å². The minimum atomic E-state index is -0.379. The van der Waals surface area contributed by atoms with Crippen LogP contribution in [0.15, 0.2) is 89.0 Å². The predicted octanol–water partition coefficient (Wildman–Crippen LogP) is 12.0. The molecule has 8 aliphatic rings. The number of aryl methyl sites for hydroxylation is 1. The monoisotopic (exact) mass is 1040 g/mol. The Balaban J connectivity index is 1.10. The zero-order valence-electron chi connectivity index (χ0n) is 45.7. The summed E-state index contributed by atoms with van der Waals surface area (Å²) in [7, 11) is 0. The largest absolute Gasteiger partial charge is 0.508 e. The Labute approximate surface area is 458 Å². The molecule has 1 spiro atoms. The second kappa shape index (κ2) is 23.9. The number of aliphatic hydroxyl groups is 2. The van der Waals surface area contributed by atoms with E-state index in [9.17, 15) is 25.2 Å². The number of allylic oxidation sites excluding steroid dienone is 4. The van der Waals surface area contributed by atoms with Crippen molar-refractivity contribution in [3.63, 3.8) is 0 Å². The molecule has 3 aromatic carbocycles. The Morgan fingerprint density at radius 3 is 2.51 bits per heavy atom. The number of nitrogens with two attached hydrogens (primary N) is 1. The number of phenolic OH excluding ortho intramolecular Hbond substituents is 2. The van der Waals surface area contributed by atoms with Gasteiger partial charge in [0.1, 0.15) is 5.75 Å². The molecule has 77 heavy (non-hydrogen) atoms. The van der Waals surface area contributed by atoms with Crippen LogP contribution in [-0.4, -0.2) is 70.2 Å². The van der Waals surface area contributed by atoms with Crippen LogP contribution in [0.4, 0.5) is 0 Å². The van der Waals surface area contributed by atoms with Crippen molar-refractivity contribution in [2.45, 2.75) is 190 Å². The summed E-state index contributed by atoms with van der Waals surface area (Å²) in [5.41, 5.74) is 15.9. The molecule has 8 bridgehead atoms. The Kier molecular flexibility index (Phi) is 16.7. The first-order valence-electron chi connectivity index (χ1n) is 30.1.